The van der Waals surface area contributed by atoms with Crippen LogP contribution in [-0.4, -0.2) is 5.11 Å². The van der Waals surface area contributed by atoms with Gasteiger partial charge < -0.3 is 10.4 Å². The fourth-order valence-electron chi connectivity index (χ4n) is 2.22. The lowest BCUT2D eigenvalue weighted by Gasteiger charge is -2.20. The standard InChI is InChI=1S/C18H20ClN3O/c1-12-7-8-15(10-16(12)22-19)21-17(23)13-5-4-6-14(9-13)18(2,3)11-20/h4-10,17,21-23H,1-3H3. The molecule has 0 bridgehead atoms. The van der Waals surface area contributed by atoms with Crippen molar-refractivity contribution in [1.82, 2.24) is 0 Å². The fraction of sp³-hybridized carbons (Fsp3) is 0.278. The molecule has 0 amide bonds. The highest BCUT2D eigenvalue weighted by Crippen LogP contribution is 2.27. The number of aliphatic hydroxyl groups excluding tert-OH is 1. The highest BCUT2D eigenvalue weighted by atomic mass is 35.5. The summed E-state index contributed by atoms with van der Waals surface area (Å²) in [5.41, 5.74) is 3.50. The van der Waals surface area contributed by atoms with Crippen LogP contribution in [0.5, 0.6) is 0 Å². The van der Waals surface area contributed by atoms with E-state index in [1.54, 1.807) is 0 Å². The maximum absolute atomic E-state index is 10.4. The summed E-state index contributed by atoms with van der Waals surface area (Å²) < 4.78 is 0. The third-order valence-electron chi connectivity index (χ3n) is 3.85. The van der Waals surface area contributed by atoms with Gasteiger partial charge in [-0.1, -0.05) is 24.3 Å². The summed E-state index contributed by atoms with van der Waals surface area (Å²) in [6.45, 7) is 5.65. The van der Waals surface area contributed by atoms with Crippen molar-refractivity contribution in [3.8, 4) is 6.07 Å². The Kier molecular flexibility index (Phi) is 5.15. The van der Waals surface area contributed by atoms with Crippen molar-refractivity contribution in [2.24, 2.45) is 0 Å². The number of anilines is 2. The Balaban J connectivity index is 2.23. The Morgan fingerprint density at radius 1 is 1.22 bits per heavy atom. The van der Waals surface area contributed by atoms with Gasteiger partial charge in [-0.15, -0.1) is 0 Å². The van der Waals surface area contributed by atoms with Crippen molar-refractivity contribution in [1.29, 1.82) is 5.26 Å². The number of nitriles is 1. The SMILES string of the molecule is Cc1ccc(NC(O)c2cccc(C(C)(C)C#N)c2)cc1NCl. The number of halogens is 1. The van der Waals surface area contributed by atoms with Gasteiger partial charge in [0.2, 0.25) is 0 Å². The first-order valence-electron chi connectivity index (χ1n) is 7.31. The van der Waals surface area contributed by atoms with E-state index in [-0.39, 0.29) is 0 Å². The first-order valence-corrected chi connectivity index (χ1v) is 7.69. The number of aryl methyl sites for hydroxylation is 1. The van der Waals surface area contributed by atoms with Gasteiger partial charge in [0.05, 0.1) is 17.2 Å². The second-order valence-corrected chi connectivity index (χ2v) is 6.22. The lowest BCUT2D eigenvalue weighted by Crippen LogP contribution is -2.16. The van der Waals surface area contributed by atoms with Crippen LogP contribution >= 0.6 is 11.8 Å². The van der Waals surface area contributed by atoms with E-state index >= 15 is 0 Å². The molecule has 1 unspecified atom stereocenters. The van der Waals surface area contributed by atoms with E-state index in [1.165, 1.54) is 0 Å². The topological polar surface area (TPSA) is 68.1 Å². The van der Waals surface area contributed by atoms with E-state index < -0.39 is 11.6 Å². The molecular formula is C18H20ClN3O. The second-order valence-electron chi connectivity index (χ2n) is 6.03. The minimum absolute atomic E-state index is 0.602. The molecule has 3 N–H and O–H groups in total. The van der Waals surface area contributed by atoms with Gasteiger partial charge in [-0.05, 0) is 50.1 Å². The quantitative estimate of drug-likeness (QED) is 0.559. The lowest BCUT2D eigenvalue weighted by molar-refractivity contribution is 0.208. The van der Waals surface area contributed by atoms with Crippen LogP contribution in [0.4, 0.5) is 11.4 Å². The molecule has 0 fully saturated rings. The molecule has 0 aliphatic carbocycles. The van der Waals surface area contributed by atoms with Crippen LogP contribution in [0, 0.1) is 18.3 Å². The Morgan fingerprint density at radius 2 is 1.96 bits per heavy atom. The number of hydrogen-bond donors (Lipinski definition) is 3. The molecule has 23 heavy (non-hydrogen) atoms. The first kappa shape index (κ1) is 17.1. The number of rotatable bonds is 5. The molecule has 0 saturated heterocycles. The summed E-state index contributed by atoms with van der Waals surface area (Å²) in [4.78, 5) is 2.60. The average molecular weight is 330 g/mol. The molecule has 0 spiro atoms. The van der Waals surface area contributed by atoms with Crippen LogP contribution in [0.15, 0.2) is 42.5 Å². The third kappa shape index (κ3) is 3.95. The van der Waals surface area contributed by atoms with Crippen molar-refractivity contribution in [2.75, 3.05) is 10.2 Å². The number of nitrogens with zero attached hydrogens (tertiary/aromatic N) is 1. The maximum atomic E-state index is 10.4. The molecule has 0 heterocycles. The number of benzene rings is 2. The molecule has 0 saturated carbocycles. The molecule has 0 radical (unpaired) electrons. The summed E-state index contributed by atoms with van der Waals surface area (Å²) in [6, 6.07) is 15.3. The Hall–Kier alpha value is -2.22. The molecule has 5 heteroatoms. The zero-order chi connectivity index (χ0) is 17.0. The summed E-state index contributed by atoms with van der Waals surface area (Å²) in [7, 11) is 0. The van der Waals surface area contributed by atoms with Crippen molar-refractivity contribution < 1.29 is 5.11 Å². The normalized spacial score (nSPS) is 12.3. The van der Waals surface area contributed by atoms with E-state index in [0.717, 1.165) is 22.5 Å². The highest BCUT2D eigenvalue weighted by Gasteiger charge is 2.20. The van der Waals surface area contributed by atoms with Gasteiger partial charge >= 0.3 is 0 Å². The van der Waals surface area contributed by atoms with Gasteiger partial charge in [-0.3, -0.25) is 4.84 Å². The average Bonchev–Trinajstić information content (AvgIpc) is 2.56. The first-order chi connectivity index (χ1) is 10.9. The largest absolute Gasteiger partial charge is 0.369 e. The molecule has 2 rings (SSSR count). The summed E-state index contributed by atoms with van der Waals surface area (Å²) in [5.74, 6) is 0. The van der Waals surface area contributed by atoms with E-state index in [9.17, 15) is 10.4 Å². The summed E-state index contributed by atoms with van der Waals surface area (Å²) in [5, 5.41) is 22.7. The summed E-state index contributed by atoms with van der Waals surface area (Å²) in [6.07, 6.45) is -0.879. The molecular weight excluding hydrogens is 310 g/mol. The number of hydrogen-bond acceptors (Lipinski definition) is 4. The van der Waals surface area contributed by atoms with Gasteiger partial charge in [0.15, 0.2) is 6.23 Å². The van der Waals surface area contributed by atoms with Gasteiger partial charge in [-0.25, -0.2) is 0 Å². The Bertz CT molecular complexity index is 737. The predicted octanol–water partition coefficient (Wildman–Crippen LogP) is 4.46. The zero-order valence-electron chi connectivity index (χ0n) is 13.4. The van der Waals surface area contributed by atoms with Gasteiger partial charge in [0.1, 0.15) is 0 Å². The van der Waals surface area contributed by atoms with Crippen LogP contribution in [-0.2, 0) is 5.41 Å². The molecule has 0 aliphatic rings. The molecule has 0 aromatic heterocycles. The van der Waals surface area contributed by atoms with Crippen LogP contribution in [0.25, 0.3) is 0 Å². The van der Waals surface area contributed by atoms with E-state index in [2.05, 4.69) is 16.2 Å². The lowest BCUT2D eigenvalue weighted by atomic mass is 9.85. The third-order valence-corrected chi connectivity index (χ3v) is 4.05. The maximum Gasteiger partial charge on any atom is 0.150 e. The Labute approximate surface area is 141 Å². The molecule has 0 aliphatic heterocycles. The second kappa shape index (κ2) is 6.91. The fourth-order valence-corrected chi connectivity index (χ4v) is 2.42. The monoisotopic (exact) mass is 329 g/mol. The van der Waals surface area contributed by atoms with Crippen LogP contribution in [0.3, 0.4) is 0 Å². The highest BCUT2D eigenvalue weighted by molar-refractivity contribution is 6.24. The smallest absolute Gasteiger partial charge is 0.150 e. The van der Waals surface area contributed by atoms with Crippen molar-refractivity contribution in [3.63, 3.8) is 0 Å². The van der Waals surface area contributed by atoms with Crippen molar-refractivity contribution in [3.05, 3.63) is 59.2 Å². The summed E-state index contributed by atoms with van der Waals surface area (Å²) >= 11 is 5.67. The van der Waals surface area contributed by atoms with E-state index in [1.807, 2.05) is 63.2 Å². The number of aliphatic hydroxyl groups is 1. The molecule has 1 atom stereocenters. The Morgan fingerprint density at radius 3 is 2.61 bits per heavy atom. The number of nitrogens with one attached hydrogen (secondary N) is 2. The minimum Gasteiger partial charge on any atom is -0.369 e. The van der Waals surface area contributed by atoms with Crippen molar-refractivity contribution >= 4 is 23.2 Å². The van der Waals surface area contributed by atoms with Crippen molar-refractivity contribution in [2.45, 2.75) is 32.4 Å². The van der Waals surface area contributed by atoms with Crippen LogP contribution in [0.2, 0.25) is 0 Å². The van der Waals surface area contributed by atoms with Crippen LogP contribution in [0.1, 0.15) is 36.8 Å². The molecule has 120 valence electrons. The zero-order valence-corrected chi connectivity index (χ0v) is 14.1. The van der Waals surface area contributed by atoms with E-state index in [0.29, 0.717) is 5.56 Å². The van der Waals surface area contributed by atoms with Gasteiger partial charge in [-0.2, -0.15) is 5.26 Å². The minimum atomic E-state index is -0.879. The van der Waals surface area contributed by atoms with Crippen LogP contribution < -0.4 is 10.2 Å². The molecule has 2 aromatic carbocycles. The molecule has 2 aromatic rings. The van der Waals surface area contributed by atoms with E-state index in [4.69, 9.17) is 11.8 Å². The van der Waals surface area contributed by atoms with Gasteiger partial charge in [0, 0.05) is 23.0 Å². The molecule has 4 nitrogen and oxygen atoms in total. The van der Waals surface area contributed by atoms with Gasteiger partial charge in [0.25, 0.3) is 0 Å². The predicted molar refractivity (Wildman–Crippen MR) is 94.3 cm³/mol.